The average Bonchev–Trinajstić information content (AvgIpc) is 1.94. The van der Waals surface area contributed by atoms with Crippen molar-refractivity contribution in [3.05, 3.63) is 0 Å². The first-order valence-corrected chi connectivity index (χ1v) is 4.24. The molecule has 76 valence electrons. The van der Waals surface area contributed by atoms with Crippen molar-refractivity contribution in [2.75, 3.05) is 19.8 Å². The Morgan fingerprint density at radius 1 is 1.77 bits per heavy atom. The molecule has 0 aromatic rings. The van der Waals surface area contributed by atoms with Gasteiger partial charge in [0.1, 0.15) is 11.6 Å². The van der Waals surface area contributed by atoms with Crippen molar-refractivity contribution in [2.24, 2.45) is 5.73 Å². The number of hydrogen-bond donors (Lipinski definition) is 2. The van der Waals surface area contributed by atoms with Crippen LogP contribution in [0.25, 0.3) is 0 Å². The molecule has 3 N–H and O–H groups in total. The first-order chi connectivity index (χ1) is 6.02. The summed E-state index contributed by atoms with van der Waals surface area (Å²) in [6.45, 7) is 3.06. The fourth-order valence-electron chi connectivity index (χ4n) is 0.855. The van der Waals surface area contributed by atoms with Crippen LogP contribution < -0.4 is 5.73 Å². The Morgan fingerprint density at radius 2 is 2.38 bits per heavy atom. The van der Waals surface area contributed by atoms with Crippen molar-refractivity contribution in [3.63, 3.8) is 0 Å². The van der Waals surface area contributed by atoms with E-state index in [-0.39, 0.29) is 6.10 Å². The van der Waals surface area contributed by atoms with Crippen LogP contribution in [0.1, 0.15) is 13.3 Å². The van der Waals surface area contributed by atoms with E-state index in [9.17, 15) is 4.79 Å². The molecule has 1 aliphatic rings. The maximum absolute atomic E-state index is 10.6. The molecule has 0 aliphatic carbocycles. The zero-order valence-corrected chi connectivity index (χ0v) is 7.66. The summed E-state index contributed by atoms with van der Waals surface area (Å²) in [6.07, 6.45) is 0.448. The van der Waals surface area contributed by atoms with Gasteiger partial charge in [-0.05, 0) is 13.3 Å². The van der Waals surface area contributed by atoms with Crippen molar-refractivity contribution in [2.45, 2.75) is 25.0 Å². The third-order valence-corrected chi connectivity index (χ3v) is 2.07. The van der Waals surface area contributed by atoms with Crippen LogP contribution in [0.2, 0.25) is 0 Å². The van der Waals surface area contributed by atoms with Crippen LogP contribution in [-0.4, -0.2) is 42.5 Å². The van der Waals surface area contributed by atoms with Crippen molar-refractivity contribution < 1.29 is 19.4 Å². The highest BCUT2D eigenvalue weighted by Crippen LogP contribution is 2.10. The molecule has 0 saturated carbocycles. The van der Waals surface area contributed by atoms with Crippen LogP contribution in [0.15, 0.2) is 0 Å². The minimum atomic E-state index is -1.19. The second-order valence-electron chi connectivity index (χ2n) is 3.50. The van der Waals surface area contributed by atoms with Gasteiger partial charge in [0, 0.05) is 6.61 Å². The minimum absolute atomic E-state index is 0.129. The second-order valence-corrected chi connectivity index (χ2v) is 3.50. The molecule has 5 heteroatoms. The summed E-state index contributed by atoms with van der Waals surface area (Å²) < 4.78 is 10.2. The average molecular weight is 189 g/mol. The summed E-state index contributed by atoms with van der Waals surface area (Å²) in [5.74, 6) is -0.999. The van der Waals surface area contributed by atoms with Gasteiger partial charge < -0.3 is 20.3 Å². The van der Waals surface area contributed by atoms with Gasteiger partial charge in [-0.2, -0.15) is 0 Å². The van der Waals surface area contributed by atoms with Gasteiger partial charge in [0.15, 0.2) is 0 Å². The van der Waals surface area contributed by atoms with E-state index in [0.717, 1.165) is 0 Å². The largest absolute Gasteiger partial charge is 0.480 e. The van der Waals surface area contributed by atoms with Gasteiger partial charge in [0.25, 0.3) is 0 Å². The predicted molar refractivity (Wildman–Crippen MR) is 45.4 cm³/mol. The Morgan fingerprint density at radius 3 is 2.77 bits per heavy atom. The van der Waals surface area contributed by atoms with E-state index in [4.69, 9.17) is 20.3 Å². The van der Waals surface area contributed by atoms with Crippen LogP contribution in [0.4, 0.5) is 0 Å². The van der Waals surface area contributed by atoms with Crippen molar-refractivity contribution in [1.82, 2.24) is 0 Å². The third-order valence-electron chi connectivity index (χ3n) is 2.07. The molecule has 1 unspecified atom stereocenters. The molecule has 1 aliphatic heterocycles. The van der Waals surface area contributed by atoms with E-state index < -0.39 is 11.5 Å². The van der Waals surface area contributed by atoms with E-state index in [1.54, 1.807) is 0 Å². The number of rotatable bonds is 5. The Balaban J connectivity index is 2.13. The van der Waals surface area contributed by atoms with E-state index in [2.05, 4.69) is 0 Å². The summed E-state index contributed by atoms with van der Waals surface area (Å²) in [5, 5.41) is 8.67. The molecular weight excluding hydrogens is 174 g/mol. The Hall–Kier alpha value is -0.650. The highest BCUT2D eigenvalue weighted by atomic mass is 16.6. The highest BCUT2D eigenvalue weighted by molar-refractivity contribution is 5.77. The quantitative estimate of drug-likeness (QED) is 0.614. The summed E-state index contributed by atoms with van der Waals surface area (Å²) >= 11 is 0. The molecule has 5 nitrogen and oxygen atoms in total. The molecule has 0 amide bonds. The fraction of sp³-hybridized carbons (Fsp3) is 0.875. The van der Waals surface area contributed by atoms with Gasteiger partial charge in [-0.15, -0.1) is 0 Å². The summed E-state index contributed by atoms with van der Waals surface area (Å²) in [5.41, 5.74) is 4.30. The lowest BCUT2D eigenvalue weighted by atomic mass is 10.0. The number of carbonyl (C=O) groups is 1. The molecule has 0 radical (unpaired) electrons. The number of ether oxygens (including phenoxy) is 2. The SMILES string of the molecule is CC(N)(CCOC1COC1)C(=O)O. The number of hydrogen-bond acceptors (Lipinski definition) is 4. The first-order valence-electron chi connectivity index (χ1n) is 4.24. The van der Waals surface area contributed by atoms with Crippen molar-refractivity contribution in [1.29, 1.82) is 0 Å². The van der Waals surface area contributed by atoms with Crippen LogP contribution >= 0.6 is 0 Å². The van der Waals surface area contributed by atoms with Gasteiger partial charge in [-0.3, -0.25) is 4.79 Å². The lowest BCUT2D eigenvalue weighted by Gasteiger charge is -2.27. The lowest BCUT2D eigenvalue weighted by molar-refractivity contribution is -0.147. The molecule has 1 fully saturated rings. The highest BCUT2D eigenvalue weighted by Gasteiger charge is 2.28. The van der Waals surface area contributed by atoms with E-state index in [1.807, 2.05) is 0 Å². The summed E-state index contributed by atoms with van der Waals surface area (Å²) in [7, 11) is 0. The lowest BCUT2D eigenvalue weighted by Crippen LogP contribution is -2.46. The summed E-state index contributed by atoms with van der Waals surface area (Å²) in [6, 6.07) is 0. The van der Waals surface area contributed by atoms with Crippen LogP contribution in [0, 0.1) is 0 Å². The molecule has 1 rings (SSSR count). The normalized spacial score (nSPS) is 22.0. The Bertz CT molecular complexity index is 189. The van der Waals surface area contributed by atoms with E-state index in [0.29, 0.717) is 26.2 Å². The molecule has 1 atom stereocenters. The van der Waals surface area contributed by atoms with E-state index in [1.165, 1.54) is 6.92 Å². The molecule has 0 spiro atoms. The molecule has 13 heavy (non-hydrogen) atoms. The Labute approximate surface area is 76.8 Å². The first kappa shape index (κ1) is 10.4. The maximum atomic E-state index is 10.6. The molecule has 0 aromatic carbocycles. The zero-order valence-electron chi connectivity index (χ0n) is 7.66. The number of aliphatic carboxylic acids is 1. The number of carboxylic acid groups (broad SMARTS) is 1. The predicted octanol–water partition coefficient (Wildman–Crippen LogP) is -0.406. The smallest absolute Gasteiger partial charge is 0.323 e. The minimum Gasteiger partial charge on any atom is -0.480 e. The van der Waals surface area contributed by atoms with E-state index >= 15 is 0 Å². The van der Waals surface area contributed by atoms with Gasteiger partial charge in [-0.25, -0.2) is 0 Å². The summed E-state index contributed by atoms with van der Waals surface area (Å²) in [4.78, 5) is 10.6. The van der Waals surface area contributed by atoms with Crippen molar-refractivity contribution >= 4 is 5.97 Å². The topological polar surface area (TPSA) is 81.8 Å². The second kappa shape index (κ2) is 4.04. The van der Waals surface area contributed by atoms with Gasteiger partial charge in [-0.1, -0.05) is 0 Å². The number of nitrogens with two attached hydrogens (primary N) is 1. The zero-order chi connectivity index (χ0) is 9.90. The standard InChI is InChI=1S/C8H15NO4/c1-8(9,7(10)11)2-3-13-6-4-12-5-6/h6H,2-5,9H2,1H3,(H,10,11). The molecule has 0 aromatic heterocycles. The molecule has 1 heterocycles. The third kappa shape index (κ3) is 2.95. The maximum Gasteiger partial charge on any atom is 0.323 e. The van der Waals surface area contributed by atoms with Crippen LogP contribution in [-0.2, 0) is 14.3 Å². The molecule has 0 bridgehead atoms. The molecule has 1 saturated heterocycles. The van der Waals surface area contributed by atoms with Crippen LogP contribution in [0.3, 0.4) is 0 Å². The van der Waals surface area contributed by atoms with Crippen molar-refractivity contribution in [3.8, 4) is 0 Å². The van der Waals surface area contributed by atoms with Crippen LogP contribution in [0.5, 0.6) is 0 Å². The fourth-order valence-corrected chi connectivity index (χ4v) is 0.855. The molecular formula is C8H15NO4. The number of carboxylic acids is 1. The Kier molecular flexibility index (Phi) is 3.24. The van der Waals surface area contributed by atoms with Gasteiger partial charge in [0.05, 0.1) is 13.2 Å². The van der Waals surface area contributed by atoms with Gasteiger partial charge in [0.2, 0.25) is 0 Å². The monoisotopic (exact) mass is 189 g/mol. The van der Waals surface area contributed by atoms with Gasteiger partial charge >= 0.3 is 5.97 Å².